The van der Waals surface area contributed by atoms with E-state index in [9.17, 15) is 35.9 Å². The van der Waals surface area contributed by atoms with Gasteiger partial charge in [-0.05, 0) is 37.7 Å². The maximum absolute atomic E-state index is 12.8. The van der Waals surface area contributed by atoms with Gasteiger partial charge in [-0.15, -0.1) is 0 Å². The zero-order chi connectivity index (χ0) is 30.3. The summed E-state index contributed by atoms with van der Waals surface area (Å²) in [6.07, 6.45) is -6.03. The molecule has 10 nitrogen and oxygen atoms in total. The SMILES string of the molecule is CN1CC(=O)N(c2ccccc2)CC12CCN(C(=O)c1ccncc1)C2.O=C(O)C(F)(F)F.O=C(O)C(F)(F)F. The second-order valence-electron chi connectivity index (χ2n) is 8.71. The van der Waals surface area contributed by atoms with E-state index in [1.807, 2.05) is 47.2 Å². The Hall–Kier alpha value is -4.21. The van der Waals surface area contributed by atoms with Gasteiger partial charge in [0.25, 0.3) is 5.91 Å². The summed E-state index contributed by atoms with van der Waals surface area (Å²) in [5, 5.41) is 14.2. The first kappa shape index (κ1) is 32.0. The number of aliphatic carboxylic acids is 2. The van der Waals surface area contributed by atoms with Crippen molar-refractivity contribution in [1.82, 2.24) is 14.8 Å². The van der Waals surface area contributed by atoms with Crippen molar-refractivity contribution in [2.24, 2.45) is 0 Å². The highest BCUT2D eigenvalue weighted by atomic mass is 19.4. The molecule has 2 N–H and O–H groups in total. The van der Waals surface area contributed by atoms with Gasteiger partial charge in [-0.25, -0.2) is 9.59 Å². The van der Waals surface area contributed by atoms with Crippen molar-refractivity contribution in [1.29, 1.82) is 0 Å². The average Bonchev–Trinajstić information content (AvgIpc) is 3.32. The van der Waals surface area contributed by atoms with Gasteiger partial charge in [0.15, 0.2) is 0 Å². The molecule has 40 heavy (non-hydrogen) atoms. The van der Waals surface area contributed by atoms with Gasteiger partial charge in [-0.1, -0.05) is 18.2 Å². The topological polar surface area (TPSA) is 131 Å². The first-order valence-corrected chi connectivity index (χ1v) is 11.3. The number of carboxylic acids is 2. The van der Waals surface area contributed by atoms with Crippen molar-refractivity contribution < 1.29 is 55.7 Å². The lowest BCUT2D eigenvalue weighted by Crippen LogP contribution is -2.64. The van der Waals surface area contributed by atoms with Gasteiger partial charge in [0.05, 0.1) is 12.1 Å². The Balaban J connectivity index is 0.000000333. The number of pyridine rings is 1. The van der Waals surface area contributed by atoms with Crippen molar-refractivity contribution in [2.75, 3.05) is 38.1 Å². The Labute approximate surface area is 223 Å². The number of hydrogen-bond donors (Lipinski definition) is 2. The second kappa shape index (κ2) is 12.8. The number of nitrogens with zero attached hydrogens (tertiary/aromatic N) is 4. The lowest BCUT2D eigenvalue weighted by atomic mass is 9.92. The van der Waals surface area contributed by atoms with Crippen molar-refractivity contribution in [2.45, 2.75) is 24.3 Å². The first-order chi connectivity index (χ1) is 18.5. The number of alkyl halides is 6. The number of rotatable bonds is 2. The number of carbonyl (C=O) groups is 4. The molecule has 0 bridgehead atoms. The van der Waals surface area contributed by atoms with E-state index in [2.05, 4.69) is 9.88 Å². The second-order valence-corrected chi connectivity index (χ2v) is 8.71. The molecule has 2 aliphatic rings. The Bertz CT molecular complexity index is 1170. The van der Waals surface area contributed by atoms with E-state index in [0.717, 1.165) is 12.1 Å². The molecule has 218 valence electrons. The number of carboxylic acid groups (broad SMARTS) is 2. The number of piperazine rings is 1. The molecule has 1 aromatic carbocycles. The van der Waals surface area contributed by atoms with Crippen LogP contribution in [0.3, 0.4) is 0 Å². The molecule has 1 unspecified atom stereocenters. The molecule has 0 aliphatic carbocycles. The molecule has 4 rings (SSSR count). The molecule has 2 amide bonds. The quantitative estimate of drug-likeness (QED) is 0.521. The van der Waals surface area contributed by atoms with Gasteiger partial charge in [0.2, 0.25) is 5.91 Å². The third kappa shape index (κ3) is 8.39. The fourth-order valence-electron chi connectivity index (χ4n) is 3.95. The Kier molecular flexibility index (Phi) is 10.2. The third-order valence-corrected chi connectivity index (χ3v) is 6.04. The Morgan fingerprint density at radius 1 is 0.875 bits per heavy atom. The maximum atomic E-state index is 12.8. The van der Waals surface area contributed by atoms with Crippen molar-refractivity contribution in [3.8, 4) is 0 Å². The van der Waals surface area contributed by atoms with Gasteiger partial charge in [0, 0.05) is 43.3 Å². The summed E-state index contributed by atoms with van der Waals surface area (Å²) >= 11 is 0. The minimum Gasteiger partial charge on any atom is -0.475 e. The minimum atomic E-state index is -5.08. The van der Waals surface area contributed by atoms with E-state index >= 15 is 0 Å². The van der Waals surface area contributed by atoms with E-state index in [-0.39, 0.29) is 17.4 Å². The van der Waals surface area contributed by atoms with Crippen LogP contribution in [0.15, 0.2) is 54.9 Å². The molecule has 0 saturated carbocycles. The van der Waals surface area contributed by atoms with Gasteiger partial charge in [0.1, 0.15) is 0 Å². The van der Waals surface area contributed by atoms with Crippen molar-refractivity contribution in [3.63, 3.8) is 0 Å². The summed E-state index contributed by atoms with van der Waals surface area (Å²) in [6, 6.07) is 13.3. The van der Waals surface area contributed by atoms with Crippen LogP contribution in [-0.4, -0.2) is 99.9 Å². The van der Waals surface area contributed by atoms with Crippen LogP contribution in [0, 0.1) is 0 Å². The zero-order valence-corrected chi connectivity index (χ0v) is 20.8. The Morgan fingerprint density at radius 3 is 1.85 bits per heavy atom. The molecule has 3 heterocycles. The highest BCUT2D eigenvalue weighted by Gasteiger charge is 2.48. The molecule has 2 aromatic rings. The van der Waals surface area contributed by atoms with Crippen LogP contribution in [-0.2, 0) is 14.4 Å². The van der Waals surface area contributed by atoms with Gasteiger partial charge < -0.3 is 20.0 Å². The lowest BCUT2D eigenvalue weighted by Gasteiger charge is -2.46. The largest absolute Gasteiger partial charge is 0.490 e. The summed E-state index contributed by atoms with van der Waals surface area (Å²) < 4.78 is 63.5. The number of likely N-dealkylation sites (tertiary alicyclic amines) is 1. The summed E-state index contributed by atoms with van der Waals surface area (Å²) in [5.41, 5.74) is 1.38. The van der Waals surface area contributed by atoms with Crippen LogP contribution in [0.25, 0.3) is 0 Å². The number of aromatic nitrogens is 1. The predicted molar refractivity (Wildman–Crippen MR) is 126 cm³/mol. The van der Waals surface area contributed by atoms with E-state index in [1.54, 1.807) is 24.5 Å². The molecule has 2 fully saturated rings. The summed E-state index contributed by atoms with van der Waals surface area (Å²) in [5.74, 6) is -5.39. The summed E-state index contributed by atoms with van der Waals surface area (Å²) in [6.45, 7) is 2.29. The number of para-hydroxylation sites is 1. The predicted octanol–water partition coefficient (Wildman–Crippen LogP) is 2.91. The first-order valence-electron chi connectivity index (χ1n) is 11.3. The highest BCUT2D eigenvalue weighted by Crippen LogP contribution is 2.34. The molecular weight excluding hydrogens is 554 g/mol. The standard InChI is InChI=1S/C20H22N4O2.2C2HF3O2/c1-22-13-18(25)24(17-5-3-2-4-6-17)15-20(22)9-12-23(14-20)19(26)16-7-10-21-11-8-16;2*3-2(4,5)1(6)7/h2-8,10-11H,9,12-15H2,1H3;2*(H,6,7). The van der Waals surface area contributed by atoms with Gasteiger partial charge >= 0.3 is 24.3 Å². The number of benzene rings is 1. The van der Waals surface area contributed by atoms with Crippen LogP contribution in [0.5, 0.6) is 0 Å². The number of hydrogen-bond acceptors (Lipinski definition) is 6. The monoisotopic (exact) mass is 578 g/mol. The van der Waals surface area contributed by atoms with Gasteiger partial charge in [-0.2, -0.15) is 26.3 Å². The third-order valence-electron chi connectivity index (χ3n) is 6.04. The van der Waals surface area contributed by atoms with Crippen LogP contribution >= 0.6 is 0 Å². The molecule has 1 aromatic heterocycles. The molecule has 16 heteroatoms. The van der Waals surface area contributed by atoms with E-state index in [4.69, 9.17) is 19.8 Å². The minimum absolute atomic E-state index is 0.0286. The highest BCUT2D eigenvalue weighted by molar-refractivity contribution is 5.96. The van der Waals surface area contributed by atoms with Crippen LogP contribution in [0.2, 0.25) is 0 Å². The summed E-state index contributed by atoms with van der Waals surface area (Å²) in [4.78, 5) is 53.0. The average molecular weight is 578 g/mol. The van der Waals surface area contributed by atoms with Crippen LogP contribution in [0.4, 0.5) is 32.0 Å². The molecule has 2 aliphatic heterocycles. The Morgan fingerprint density at radius 2 is 1.38 bits per heavy atom. The number of carbonyl (C=O) groups excluding carboxylic acids is 2. The fourth-order valence-corrected chi connectivity index (χ4v) is 3.95. The number of halogens is 6. The molecule has 0 radical (unpaired) electrons. The van der Waals surface area contributed by atoms with Crippen LogP contribution in [0.1, 0.15) is 16.8 Å². The fraction of sp³-hybridized carbons (Fsp3) is 0.375. The smallest absolute Gasteiger partial charge is 0.475 e. The van der Waals surface area contributed by atoms with E-state index < -0.39 is 24.3 Å². The van der Waals surface area contributed by atoms with Crippen LogP contribution < -0.4 is 4.90 Å². The normalized spacial score (nSPS) is 19.3. The number of amides is 2. The van der Waals surface area contributed by atoms with Crippen molar-refractivity contribution in [3.05, 3.63) is 60.4 Å². The maximum Gasteiger partial charge on any atom is 0.490 e. The molecule has 1 spiro atoms. The molecule has 2 saturated heterocycles. The molecular formula is C24H24F6N4O6. The molecule has 1 atom stereocenters. The summed E-state index contributed by atoms with van der Waals surface area (Å²) in [7, 11) is 1.99. The number of likely N-dealkylation sites (N-methyl/N-ethyl adjacent to an activating group) is 1. The van der Waals surface area contributed by atoms with E-state index in [0.29, 0.717) is 31.7 Å². The lowest BCUT2D eigenvalue weighted by molar-refractivity contribution is -0.193. The number of anilines is 1. The van der Waals surface area contributed by atoms with E-state index in [1.165, 1.54) is 0 Å². The van der Waals surface area contributed by atoms with Crippen molar-refractivity contribution >= 4 is 29.4 Å². The van der Waals surface area contributed by atoms with Gasteiger partial charge in [-0.3, -0.25) is 19.5 Å². The zero-order valence-electron chi connectivity index (χ0n) is 20.8.